The van der Waals surface area contributed by atoms with Crippen LogP contribution in [0.4, 0.5) is 0 Å². The number of hydrogen-bond acceptors (Lipinski definition) is 1. The third-order valence-corrected chi connectivity index (χ3v) is 0.908. The highest BCUT2D eigenvalue weighted by Gasteiger charge is 1.84. The number of rotatable bonds is 0. The monoisotopic (exact) mass is 128 g/mol. The van der Waals surface area contributed by atoms with E-state index in [-0.39, 0.29) is 0 Å². The van der Waals surface area contributed by atoms with Crippen molar-refractivity contribution in [1.82, 2.24) is 0 Å². The first kappa shape index (κ1) is 8.21. The summed E-state index contributed by atoms with van der Waals surface area (Å²) in [6.45, 7) is 1.08. The fraction of sp³-hybridized carbons (Fsp3) is 0.571. The van der Waals surface area contributed by atoms with Gasteiger partial charge in [-0.25, -0.2) is 0 Å². The van der Waals surface area contributed by atoms with Crippen LogP contribution in [0.15, 0.2) is 12.2 Å². The lowest BCUT2D eigenvalue weighted by Gasteiger charge is -1.69. The summed E-state index contributed by atoms with van der Waals surface area (Å²) in [7, 11) is 0. The average molecular weight is 128 g/mol. The van der Waals surface area contributed by atoms with Gasteiger partial charge >= 0.3 is 0 Å². The maximum Gasteiger partial charge on any atom is 0.300 e. The summed E-state index contributed by atoms with van der Waals surface area (Å²) in [5.74, 6) is -0.833. The van der Waals surface area contributed by atoms with Gasteiger partial charge in [0.25, 0.3) is 5.97 Å². The van der Waals surface area contributed by atoms with Crippen molar-refractivity contribution in [3.05, 3.63) is 12.2 Å². The van der Waals surface area contributed by atoms with E-state index in [0.29, 0.717) is 0 Å². The summed E-state index contributed by atoms with van der Waals surface area (Å²) in [6, 6.07) is 0. The van der Waals surface area contributed by atoms with E-state index in [4.69, 9.17) is 9.90 Å². The second kappa shape index (κ2) is 5.35. The van der Waals surface area contributed by atoms with E-state index in [2.05, 4.69) is 12.2 Å². The van der Waals surface area contributed by atoms with Crippen LogP contribution in [-0.4, -0.2) is 11.1 Å². The fourth-order valence-corrected chi connectivity index (χ4v) is 0.589. The molecular weight excluding hydrogens is 116 g/mol. The van der Waals surface area contributed by atoms with E-state index in [0.717, 1.165) is 6.92 Å². The molecule has 0 fully saturated rings. The van der Waals surface area contributed by atoms with Gasteiger partial charge in [-0.2, -0.15) is 0 Å². The summed E-state index contributed by atoms with van der Waals surface area (Å²) in [5.41, 5.74) is 0. The van der Waals surface area contributed by atoms with Crippen LogP contribution in [0, 0.1) is 0 Å². The van der Waals surface area contributed by atoms with Gasteiger partial charge in [0, 0.05) is 6.92 Å². The van der Waals surface area contributed by atoms with Crippen LogP contribution >= 0.6 is 0 Å². The predicted octanol–water partition coefficient (Wildman–Crippen LogP) is 1.82. The van der Waals surface area contributed by atoms with E-state index in [1.54, 1.807) is 0 Å². The van der Waals surface area contributed by atoms with Crippen molar-refractivity contribution in [3.8, 4) is 0 Å². The van der Waals surface area contributed by atoms with E-state index < -0.39 is 5.97 Å². The second-order valence-electron chi connectivity index (χ2n) is 1.92. The molecule has 1 rings (SSSR count). The standard InChI is InChI=1S/C5H8.C2H4O2/c1-2-4-5-3-1;1-2(3)4/h1-2H,3-5H2;1H3,(H,3,4). The molecule has 0 heterocycles. The Balaban J connectivity index is 0.000000148. The smallest absolute Gasteiger partial charge is 0.300 e. The zero-order chi connectivity index (χ0) is 7.11. The largest absolute Gasteiger partial charge is 0.481 e. The molecular formula is C7H12O2. The first-order valence-electron chi connectivity index (χ1n) is 3.08. The molecule has 52 valence electrons. The normalized spacial score (nSPS) is 14.3. The minimum atomic E-state index is -0.833. The van der Waals surface area contributed by atoms with Crippen LogP contribution in [-0.2, 0) is 4.79 Å². The summed E-state index contributed by atoms with van der Waals surface area (Å²) in [5, 5.41) is 7.42. The zero-order valence-electron chi connectivity index (χ0n) is 5.63. The molecule has 0 saturated heterocycles. The molecule has 0 bridgehead atoms. The van der Waals surface area contributed by atoms with Gasteiger partial charge in [0.15, 0.2) is 0 Å². The van der Waals surface area contributed by atoms with E-state index in [9.17, 15) is 0 Å². The quantitative estimate of drug-likeness (QED) is 0.505. The van der Waals surface area contributed by atoms with Gasteiger partial charge in [0.1, 0.15) is 0 Å². The molecule has 2 heteroatoms. The number of aliphatic carboxylic acids is 1. The molecule has 0 amide bonds. The van der Waals surface area contributed by atoms with E-state index >= 15 is 0 Å². The minimum absolute atomic E-state index is 0.833. The Morgan fingerprint density at radius 1 is 1.44 bits per heavy atom. The van der Waals surface area contributed by atoms with Gasteiger partial charge in [0.2, 0.25) is 0 Å². The Morgan fingerprint density at radius 3 is 1.89 bits per heavy atom. The Bertz CT molecular complexity index is 95.5. The van der Waals surface area contributed by atoms with Crippen molar-refractivity contribution in [1.29, 1.82) is 0 Å². The lowest BCUT2D eigenvalue weighted by molar-refractivity contribution is -0.134. The number of carbonyl (C=O) groups is 1. The summed E-state index contributed by atoms with van der Waals surface area (Å²) >= 11 is 0. The summed E-state index contributed by atoms with van der Waals surface area (Å²) < 4.78 is 0. The van der Waals surface area contributed by atoms with E-state index in [1.807, 2.05) is 0 Å². The molecule has 0 saturated carbocycles. The van der Waals surface area contributed by atoms with Crippen LogP contribution in [0.1, 0.15) is 26.2 Å². The predicted molar refractivity (Wildman–Crippen MR) is 36.3 cm³/mol. The maximum absolute atomic E-state index is 9.00. The van der Waals surface area contributed by atoms with Crippen molar-refractivity contribution in [2.45, 2.75) is 26.2 Å². The fourth-order valence-electron chi connectivity index (χ4n) is 0.589. The highest BCUT2D eigenvalue weighted by Crippen LogP contribution is 2.05. The molecule has 1 aliphatic carbocycles. The molecule has 0 unspecified atom stereocenters. The Hall–Kier alpha value is -0.790. The maximum atomic E-state index is 9.00. The highest BCUT2D eigenvalue weighted by atomic mass is 16.4. The van der Waals surface area contributed by atoms with Crippen molar-refractivity contribution in [3.63, 3.8) is 0 Å². The molecule has 0 aromatic rings. The van der Waals surface area contributed by atoms with Gasteiger partial charge in [0.05, 0.1) is 0 Å². The average Bonchev–Trinajstić information content (AvgIpc) is 2.11. The number of hydrogen-bond donors (Lipinski definition) is 1. The molecule has 2 nitrogen and oxygen atoms in total. The molecule has 0 spiro atoms. The lowest BCUT2D eigenvalue weighted by atomic mass is 10.4. The first-order chi connectivity index (χ1) is 4.23. The van der Waals surface area contributed by atoms with E-state index in [1.165, 1.54) is 19.3 Å². The summed E-state index contributed by atoms with van der Waals surface area (Å²) in [4.78, 5) is 9.00. The Morgan fingerprint density at radius 2 is 1.78 bits per heavy atom. The summed E-state index contributed by atoms with van der Waals surface area (Å²) in [6.07, 6.45) is 8.50. The second-order valence-corrected chi connectivity index (χ2v) is 1.92. The van der Waals surface area contributed by atoms with Crippen molar-refractivity contribution < 1.29 is 9.90 Å². The van der Waals surface area contributed by atoms with Crippen molar-refractivity contribution in [2.24, 2.45) is 0 Å². The third kappa shape index (κ3) is 11.0. The lowest BCUT2D eigenvalue weighted by Crippen LogP contribution is -1.78. The molecule has 0 radical (unpaired) electrons. The van der Waals surface area contributed by atoms with Crippen LogP contribution in [0.2, 0.25) is 0 Å². The Kier molecular flexibility index (Phi) is 4.88. The molecule has 1 aliphatic rings. The first-order valence-corrected chi connectivity index (χ1v) is 3.08. The number of allylic oxidation sites excluding steroid dienone is 2. The van der Waals surface area contributed by atoms with Gasteiger partial charge < -0.3 is 5.11 Å². The minimum Gasteiger partial charge on any atom is -0.481 e. The van der Waals surface area contributed by atoms with Gasteiger partial charge in [-0.3, -0.25) is 4.79 Å². The van der Waals surface area contributed by atoms with Crippen LogP contribution in [0.25, 0.3) is 0 Å². The zero-order valence-corrected chi connectivity index (χ0v) is 5.63. The molecule has 9 heavy (non-hydrogen) atoms. The van der Waals surface area contributed by atoms with Crippen molar-refractivity contribution >= 4 is 5.97 Å². The SMILES string of the molecule is C1=CCCC1.CC(=O)O. The molecule has 0 aliphatic heterocycles. The molecule has 1 N–H and O–H groups in total. The third-order valence-electron chi connectivity index (χ3n) is 0.908. The van der Waals surface area contributed by atoms with Crippen LogP contribution in [0.3, 0.4) is 0 Å². The topological polar surface area (TPSA) is 37.3 Å². The number of carboxylic acid groups (broad SMARTS) is 1. The van der Waals surface area contributed by atoms with Gasteiger partial charge in [-0.05, 0) is 19.3 Å². The van der Waals surface area contributed by atoms with Crippen LogP contribution < -0.4 is 0 Å². The Labute approximate surface area is 55.2 Å². The highest BCUT2D eigenvalue weighted by molar-refractivity contribution is 5.62. The van der Waals surface area contributed by atoms with Gasteiger partial charge in [-0.1, -0.05) is 12.2 Å². The molecule has 0 aromatic heterocycles. The molecule has 0 atom stereocenters. The molecule has 0 aromatic carbocycles. The van der Waals surface area contributed by atoms with Crippen LogP contribution in [0.5, 0.6) is 0 Å². The number of carboxylic acids is 1. The van der Waals surface area contributed by atoms with Crippen molar-refractivity contribution in [2.75, 3.05) is 0 Å². The van der Waals surface area contributed by atoms with Gasteiger partial charge in [-0.15, -0.1) is 0 Å².